The molecule has 1 aromatic heterocycles. The van der Waals surface area contributed by atoms with Gasteiger partial charge in [-0.15, -0.1) is 0 Å². The summed E-state index contributed by atoms with van der Waals surface area (Å²) < 4.78 is 3.55. The van der Waals surface area contributed by atoms with Gasteiger partial charge in [0.15, 0.2) is 11.0 Å². The van der Waals surface area contributed by atoms with Crippen LogP contribution in [0.2, 0.25) is 0 Å². The summed E-state index contributed by atoms with van der Waals surface area (Å²) in [5.74, 6) is 0.200. The number of benzene rings is 1. The molecule has 0 unspecified atom stereocenters. The molecule has 15 nitrogen and oxygen atoms in total. The summed E-state index contributed by atoms with van der Waals surface area (Å²) in [4.78, 5) is 15.6. The van der Waals surface area contributed by atoms with Gasteiger partial charge in [-0.3, -0.25) is 4.79 Å². The molecule has 44 heavy (non-hydrogen) atoms. The number of aryl methyl sites for hydroxylation is 2. The Morgan fingerprint density at radius 2 is 1.32 bits per heavy atom. The number of anilines is 1. The first kappa shape index (κ1) is 36.0. The lowest BCUT2D eigenvalue weighted by Gasteiger charge is -2.28. The van der Waals surface area contributed by atoms with Crippen molar-refractivity contribution < 1.29 is 60.4 Å². The van der Waals surface area contributed by atoms with Crippen LogP contribution in [0, 0.1) is 0 Å². The van der Waals surface area contributed by atoms with Crippen LogP contribution < -0.4 is 10.3 Å². The van der Waals surface area contributed by atoms with E-state index in [0.29, 0.717) is 43.0 Å². The van der Waals surface area contributed by atoms with E-state index in [1.54, 1.807) is 20.1 Å². The van der Waals surface area contributed by atoms with E-state index < -0.39 is 68.5 Å². The Morgan fingerprint density at radius 3 is 1.80 bits per heavy atom. The van der Waals surface area contributed by atoms with Gasteiger partial charge in [0.05, 0.1) is 44.2 Å². The molecule has 0 aliphatic carbocycles. The van der Waals surface area contributed by atoms with E-state index in [0.717, 1.165) is 19.3 Å². The second-order valence-corrected chi connectivity index (χ2v) is 11.5. The number of amides is 1. The van der Waals surface area contributed by atoms with Gasteiger partial charge in [-0.1, -0.05) is 0 Å². The van der Waals surface area contributed by atoms with Gasteiger partial charge < -0.3 is 61.7 Å². The van der Waals surface area contributed by atoms with E-state index in [-0.39, 0.29) is 29.1 Å². The highest BCUT2D eigenvalue weighted by Crippen LogP contribution is 2.32. The highest BCUT2D eigenvalue weighted by Gasteiger charge is 2.38. The molecule has 250 valence electrons. The van der Waals surface area contributed by atoms with Crippen LogP contribution in [0.4, 0.5) is 5.69 Å². The minimum atomic E-state index is -1.91. The van der Waals surface area contributed by atoms with Gasteiger partial charge >= 0.3 is 11.7 Å². The molecule has 3 rings (SSSR count). The molecule has 0 bridgehead atoms. The van der Waals surface area contributed by atoms with Crippen molar-refractivity contribution in [3.63, 3.8) is 0 Å². The van der Waals surface area contributed by atoms with Gasteiger partial charge in [0.25, 0.3) is 0 Å². The van der Waals surface area contributed by atoms with Crippen LogP contribution in [-0.2, 0) is 25.9 Å². The molecular weight excluding hydrogens is 580 g/mol. The highest BCUT2D eigenvalue weighted by molar-refractivity contribution is 5.95. The molecular formula is C29H49N4O11+. The number of nitrogens with zero attached hydrogens (tertiary/aromatic N) is 3. The van der Waals surface area contributed by atoms with Crippen LogP contribution in [0.15, 0.2) is 6.07 Å². The number of nitrogen functional groups attached to an aromatic ring is 1. The minimum Gasteiger partial charge on any atom is -0.395 e. The van der Waals surface area contributed by atoms with Crippen molar-refractivity contribution in [3.05, 3.63) is 23.0 Å². The number of hydrogen-bond acceptors (Lipinski definition) is 12. The number of carbonyl (C=O) groups is 1. The fraction of sp³-hybridized carbons (Fsp3) is 0.724. The first-order valence-corrected chi connectivity index (χ1v) is 15.2. The summed E-state index contributed by atoms with van der Waals surface area (Å²) in [5.41, 5.74) is 8.28. The molecule has 2 heterocycles. The number of carbonyl (C=O) groups excluding carboxylic acids is 1. The molecule has 8 atom stereocenters. The summed E-state index contributed by atoms with van der Waals surface area (Å²) >= 11 is 0. The van der Waals surface area contributed by atoms with Crippen molar-refractivity contribution in [1.29, 1.82) is 0 Å². The normalized spacial score (nSPS) is 19.8. The van der Waals surface area contributed by atoms with Gasteiger partial charge in [0.1, 0.15) is 36.6 Å². The molecule has 0 radical (unpaired) electrons. The smallest absolute Gasteiger partial charge is 0.349 e. The summed E-state index contributed by atoms with van der Waals surface area (Å²) in [6.45, 7) is 3.90. The second kappa shape index (κ2) is 15.7. The fourth-order valence-electron chi connectivity index (χ4n) is 5.95. The zero-order valence-corrected chi connectivity index (χ0v) is 25.3. The predicted molar refractivity (Wildman–Crippen MR) is 157 cm³/mol. The van der Waals surface area contributed by atoms with Crippen LogP contribution in [-0.4, -0.2) is 142 Å². The van der Waals surface area contributed by atoms with Crippen LogP contribution in [0.5, 0.6) is 0 Å². The van der Waals surface area contributed by atoms with Crippen LogP contribution in [0.3, 0.4) is 0 Å². The Kier molecular flexibility index (Phi) is 12.9. The Hall–Kier alpha value is -2.44. The maximum atomic E-state index is 13.8. The average molecular weight is 630 g/mol. The number of aromatic nitrogens is 2. The van der Waals surface area contributed by atoms with E-state index in [9.17, 15) is 45.6 Å². The number of fused-ring (bicyclic) bond motifs is 1. The number of hydrogen-bond donors (Lipinski definition) is 11. The standard InChI is InChI=1S/C29H48N4O11/c1-3-32-17-10-15(11-18(36)24(40)26(42)20(38)13-34)16(12-19(37)25(41)27(43)21(39)14-35)22(30)23(17)33(4-2)28(32)29(44)31-8-6-5-7-9-31/h10,18-21,24-27,34-43H,3-9,11-14H2,1-2H3,(H-,30,44)/p+1/t18-,19-,20+,21+,24+,25+,26+,27+/m0/s1. The lowest BCUT2D eigenvalue weighted by Crippen LogP contribution is -2.47. The third kappa shape index (κ3) is 7.33. The third-order valence-electron chi connectivity index (χ3n) is 8.55. The average Bonchev–Trinajstić information content (AvgIpc) is 3.37. The second-order valence-electron chi connectivity index (χ2n) is 11.5. The molecule has 0 spiro atoms. The molecule has 2 aromatic rings. The van der Waals surface area contributed by atoms with E-state index in [2.05, 4.69) is 0 Å². The summed E-state index contributed by atoms with van der Waals surface area (Å²) in [5, 5.41) is 101. The molecule has 1 amide bonds. The summed E-state index contributed by atoms with van der Waals surface area (Å²) in [6, 6.07) is 1.63. The minimum absolute atomic E-state index is 0.0975. The van der Waals surface area contributed by atoms with Crippen molar-refractivity contribution >= 4 is 22.6 Å². The number of rotatable bonds is 15. The third-order valence-corrected chi connectivity index (χ3v) is 8.55. The number of aliphatic hydroxyl groups is 10. The van der Waals surface area contributed by atoms with Gasteiger partial charge in [-0.25, -0.2) is 9.13 Å². The Morgan fingerprint density at radius 1 is 0.818 bits per heavy atom. The van der Waals surface area contributed by atoms with E-state index >= 15 is 0 Å². The molecule has 1 saturated heterocycles. The van der Waals surface area contributed by atoms with Crippen LogP contribution >= 0.6 is 0 Å². The zero-order chi connectivity index (χ0) is 32.9. The topological polar surface area (TPSA) is 257 Å². The maximum Gasteiger partial charge on any atom is 0.349 e. The van der Waals surface area contributed by atoms with Crippen LogP contribution in [0.1, 0.15) is 54.9 Å². The predicted octanol–water partition coefficient (Wildman–Crippen LogP) is -3.87. The molecule has 1 aromatic carbocycles. The molecule has 15 heteroatoms. The summed E-state index contributed by atoms with van der Waals surface area (Å²) in [7, 11) is 0. The Bertz CT molecular complexity index is 1250. The first-order valence-electron chi connectivity index (χ1n) is 15.2. The van der Waals surface area contributed by atoms with Crippen molar-refractivity contribution in [2.45, 2.75) is 108 Å². The van der Waals surface area contributed by atoms with E-state index in [1.807, 2.05) is 13.8 Å². The Balaban J connectivity index is 2.20. The summed E-state index contributed by atoms with van der Waals surface area (Å²) in [6.07, 6.45) is -12.4. The van der Waals surface area contributed by atoms with Gasteiger partial charge in [-0.05, 0) is 50.3 Å². The molecule has 1 aliphatic rings. The monoisotopic (exact) mass is 629 g/mol. The molecule has 0 saturated carbocycles. The first-order chi connectivity index (χ1) is 20.8. The number of aliphatic hydroxyl groups excluding tert-OH is 10. The zero-order valence-electron chi connectivity index (χ0n) is 25.3. The fourth-order valence-corrected chi connectivity index (χ4v) is 5.95. The highest BCUT2D eigenvalue weighted by atomic mass is 16.4. The van der Waals surface area contributed by atoms with E-state index in [1.165, 1.54) is 0 Å². The number of imidazole rings is 1. The molecule has 1 fully saturated rings. The van der Waals surface area contributed by atoms with Crippen LogP contribution in [0.25, 0.3) is 11.0 Å². The molecule has 1 aliphatic heterocycles. The quantitative estimate of drug-likeness (QED) is 0.0668. The van der Waals surface area contributed by atoms with Crippen molar-refractivity contribution in [2.75, 3.05) is 32.0 Å². The van der Waals surface area contributed by atoms with Gasteiger partial charge in [-0.2, -0.15) is 0 Å². The van der Waals surface area contributed by atoms with Gasteiger partial charge in [0.2, 0.25) is 0 Å². The Labute approximate surface area is 255 Å². The number of nitrogens with two attached hydrogens (primary N) is 1. The van der Waals surface area contributed by atoms with Gasteiger partial charge in [0, 0.05) is 25.9 Å². The maximum absolute atomic E-state index is 13.8. The number of likely N-dealkylation sites (tertiary alicyclic amines) is 1. The molecule has 12 N–H and O–H groups in total. The SMILES string of the molecule is CCn1c(C(=O)N2CCCCC2)[n+](CC)c2c(N)c(C[C@H](O)[C@@H](O)[C@H](O)[C@H](O)CO)c(C[C@H](O)[C@@H](O)[C@H](O)[C@H](O)CO)cc21. The largest absolute Gasteiger partial charge is 0.395 e. The van der Waals surface area contributed by atoms with Crippen molar-refractivity contribution in [1.82, 2.24) is 9.47 Å². The van der Waals surface area contributed by atoms with E-state index in [4.69, 9.17) is 15.9 Å². The lowest BCUT2D eigenvalue weighted by atomic mass is 9.89. The van der Waals surface area contributed by atoms with Crippen molar-refractivity contribution in [3.8, 4) is 0 Å². The lowest BCUT2D eigenvalue weighted by molar-refractivity contribution is -0.670. The van der Waals surface area contributed by atoms with Crippen molar-refractivity contribution in [2.24, 2.45) is 0 Å². The number of piperidine rings is 1.